The average molecular weight is 1780 g/mol. The highest BCUT2D eigenvalue weighted by Gasteiger charge is 2.22. The Labute approximate surface area is 806 Å². The second kappa shape index (κ2) is 34.9. The number of nitrogens with zero attached hydrogens (tertiary/aromatic N) is 8. The fraction of sp³-hybridized carbons (Fsp3) is 0. The first-order valence-corrected chi connectivity index (χ1v) is 47.4. The summed E-state index contributed by atoms with van der Waals surface area (Å²) in [5, 5.41) is 33.5. The van der Waals surface area contributed by atoms with Gasteiger partial charge in [-0.1, -0.05) is 328 Å². The normalized spacial score (nSPS) is 11.6. The molecule has 21 aromatic carbocycles. The molecule has 0 atom stereocenters. The Balaban J connectivity index is 0.000000109. The van der Waals surface area contributed by atoms with Crippen LogP contribution in [0.3, 0.4) is 0 Å². The van der Waals surface area contributed by atoms with Crippen molar-refractivity contribution in [2.75, 3.05) is 0 Å². The third-order valence-corrected chi connectivity index (χ3v) is 27.7. The fourth-order valence-electron chi connectivity index (χ4n) is 20.7. The lowest BCUT2D eigenvalue weighted by Gasteiger charge is -2.17. The number of benzene rings is 21. The monoisotopic (exact) mass is 1780 g/mol. The van der Waals surface area contributed by atoms with Crippen LogP contribution in [0.15, 0.2) is 498 Å². The highest BCUT2D eigenvalue weighted by molar-refractivity contribution is 6.16. The van der Waals surface area contributed by atoms with E-state index in [1.807, 2.05) is 49.6 Å². The molecule has 0 fully saturated rings. The molecule has 0 unspecified atom stereocenters. The van der Waals surface area contributed by atoms with Gasteiger partial charge < -0.3 is 0 Å². The minimum absolute atomic E-state index is 0.691. The van der Waals surface area contributed by atoms with Gasteiger partial charge in [-0.05, 0) is 295 Å². The smallest absolute Gasteiger partial charge is 0.160 e. The lowest BCUT2D eigenvalue weighted by Crippen LogP contribution is -1.96. The maximum Gasteiger partial charge on any atom is 0.160 e. The van der Waals surface area contributed by atoms with E-state index in [4.69, 9.17) is 19.9 Å². The molecule has 0 aliphatic heterocycles. The zero-order valence-electron chi connectivity index (χ0n) is 75.9. The van der Waals surface area contributed by atoms with Crippen molar-refractivity contribution in [3.05, 3.63) is 498 Å². The first-order valence-electron chi connectivity index (χ1n) is 47.4. The van der Waals surface area contributed by atoms with E-state index in [0.717, 1.165) is 145 Å². The van der Waals surface area contributed by atoms with Crippen molar-refractivity contribution in [2.45, 2.75) is 0 Å². The molecule has 8 heteroatoms. The number of rotatable bonds is 11. The summed E-state index contributed by atoms with van der Waals surface area (Å²) in [7, 11) is 0. The topological polar surface area (TPSA) is 103 Å². The van der Waals surface area contributed by atoms with Crippen molar-refractivity contribution < 1.29 is 0 Å². The van der Waals surface area contributed by atoms with Crippen LogP contribution in [-0.4, -0.2) is 39.9 Å². The largest absolute Gasteiger partial charge is 0.264 e. The summed E-state index contributed by atoms with van der Waals surface area (Å²) in [5.74, 6) is 0.691. The summed E-state index contributed by atoms with van der Waals surface area (Å²) < 4.78 is 0. The molecule has 650 valence electrons. The third kappa shape index (κ3) is 15.4. The Morgan fingerprint density at radius 1 is 0.121 bits per heavy atom. The van der Waals surface area contributed by atoms with Crippen molar-refractivity contribution in [1.82, 2.24) is 39.9 Å². The summed E-state index contributed by atoms with van der Waals surface area (Å²) >= 11 is 0. The predicted molar refractivity (Wildman–Crippen MR) is 587 cm³/mol. The van der Waals surface area contributed by atoms with E-state index in [1.54, 1.807) is 0 Å². The van der Waals surface area contributed by atoms with Gasteiger partial charge in [-0.25, -0.2) is 19.9 Å². The highest BCUT2D eigenvalue weighted by Crippen LogP contribution is 2.46. The van der Waals surface area contributed by atoms with E-state index in [1.165, 1.54) is 124 Å². The van der Waals surface area contributed by atoms with Gasteiger partial charge in [-0.2, -0.15) is 0 Å². The van der Waals surface area contributed by atoms with Gasteiger partial charge in [-0.3, -0.25) is 19.9 Å². The van der Waals surface area contributed by atoms with E-state index in [9.17, 15) is 0 Å². The van der Waals surface area contributed by atoms with Gasteiger partial charge in [0.15, 0.2) is 5.82 Å². The zero-order valence-corrected chi connectivity index (χ0v) is 75.9. The van der Waals surface area contributed by atoms with Crippen LogP contribution in [0.5, 0.6) is 0 Å². The Morgan fingerprint density at radius 2 is 0.400 bits per heavy atom. The van der Waals surface area contributed by atoms with Crippen LogP contribution >= 0.6 is 0 Å². The molecule has 8 nitrogen and oxygen atoms in total. The number of aromatic nitrogens is 8. The van der Waals surface area contributed by atoms with Crippen molar-refractivity contribution in [3.8, 4) is 123 Å². The van der Waals surface area contributed by atoms with Gasteiger partial charge in [0.25, 0.3) is 0 Å². The first kappa shape index (κ1) is 82.0. The fourth-order valence-corrected chi connectivity index (χ4v) is 20.7. The molecule has 140 heavy (non-hydrogen) atoms. The number of hydrogen-bond acceptors (Lipinski definition) is 8. The molecule has 0 N–H and O–H groups in total. The molecule has 7 heterocycles. The molecule has 28 rings (SSSR count). The van der Waals surface area contributed by atoms with Gasteiger partial charge in [0, 0.05) is 110 Å². The molecular weight excluding hydrogens is 1700 g/mol. The second-order valence-electron chi connectivity index (χ2n) is 36.2. The van der Waals surface area contributed by atoms with Gasteiger partial charge in [0.1, 0.15) is 0 Å². The van der Waals surface area contributed by atoms with Crippen molar-refractivity contribution in [3.63, 3.8) is 0 Å². The number of pyridine rings is 6. The molecule has 7 aromatic heterocycles. The van der Waals surface area contributed by atoms with E-state index in [0.29, 0.717) is 5.82 Å². The Kier molecular flexibility index (Phi) is 20.4. The van der Waals surface area contributed by atoms with Crippen LogP contribution in [0, 0.1) is 0 Å². The molecule has 0 radical (unpaired) electrons. The molecule has 0 spiro atoms. The Hall–Kier alpha value is -18.8. The van der Waals surface area contributed by atoms with Crippen LogP contribution in [-0.2, 0) is 0 Å². The standard InChI is InChI=1S/C48H30N4.2C42H26N2/c1-2-6-38-26-41-27-40(20-19-39(41)25-37(38)5-1)48-51-46(35-15-11-33(12-16-35)42-9-3-7-31-21-23-49-29-44(31)42)28-47(52-48)36-17-13-34(14-18-36)43-10-4-8-32-22-24-50-30-45(32)43;1-5-13-35-29(9-1)22-30-10-2-6-14-36(30)41(35)39-24-34(27-17-18-33-26-43-20-19-28(33)21-27)25-40(44-39)42-37-15-7-3-11-31(37)23-32-12-4-8-16-38(32)42;1-3-9-29-22-39-33(20-27(29)7-1)11-5-13-37(39)41-24-36(31-15-16-35-26-43-18-17-32(35)19-31)25-42(44-41)38-14-6-12-34-21-28-8-2-4-10-30(28)23-40(34)38/h1-30H;2*1-26H. The minimum atomic E-state index is 0.691. The molecule has 0 saturated heterocycles. The van der Waals surface area contributed by atoms with Gasteiger partial charge in [0.05, 0.1) is 34.2 Å². The molecule has 0 amide bonds. The maximum absolute atomic E-state index is 5.55. The SMILES string of the molecule is c1ccc2c(-c3cc(-c4ccc5cnccc5c4)cc(-c4c5ccccc5cc5ccccc45)n3)c3ccccc3cc2c1.c1ccc2cc3c(-c4cc(-c5ccc6cnccc6c5)cc(-c5cccc6cc7ccccc7cc56)n4)cccc3cc2c1.c1ccc2cc3cc(-c4nc(-c5ccc(-c6cccc7ccncc67)cc5)cc(-c5ccc(-c6cccc7ccncc67)cc5)n4)ccc3cc2c1. The average Bonchev–Trinajstić information content (AvgIpc) is 0.764. The van der Waals surface area contributed by atoms with E-state index in [2.05, 4.69) is 469 Å². The van der Waals surface area contributed by atoms with Crippen molar-refractivity contribution >= 4 is 151 Å². The lowest BCUT2D eigenvalue weighted by atomic mass is 9.90. The van der Waals surface area contributed by atoms with Crippen LogP contribution in [0.2, 0.25) is 0 Å². The van der Waals surface area contributed by atoms with Crippen LogP contribution in [0.1, 0.15) is 0 Å². The zero-order chi connectivity index (χ0) is 92.5. The maximum atomic E-state index is 5.55. The number of hydrogen-bond donors (Lipinski definition) is 0. The quantitative estimate of drug-likeness (QED) is 0.118. The summed E-state index contributed by atoms with van der Waals surface area (Å²) in [5.41, 5.74) is 22.4. The Morgan fingerprint density at radius 3 is 0.829 bits per heavy atom. The molecular formula is C132H82N8. The minimum Gasteiger partial charge on any atom is -0.264 e. The van der Waals surface area contributed by atoms with E-state index >= 15 is 0 Å². The van der Waals surface area contributed by atoms with Crippen LogP contribution in [0.4, 0.5) is 0 Å². The summed E-state index contributed by atoms with van der Waals surface area (Å²) in [6, 6.07) is 161. The van der Waals surface area contributed by atoms with Gasteiger partial charge in [0.2, 0.25) is 0 Å². The van der Waals surface area contributed by atoms with Crippen LogP contribution < -0.4 is 0 Å². The third-order valence-electron chi connectivity index (χ3n) is 27.7. The van der Waals surface area contributed by atoms with Gasteiger partial charge in [-0.15, -0.1) is 0 Å². The van der Waals surface area contributed by atoms with Crippen molar-refractivity contribution in [1.29, 1.82) is 0 Å². The summed E-state index contributed by atoms with van der Waals surface area (Å²) in [6.07, 6.45) is 15.1. The van der Waals surface area contributed by atoms with Gasteiger partial charge >= 0.3 is 0 Å². The molecule has 0 aliphatic rings. The predicted octanol–water partition coefficient (Wildman–Crippen LogP) is 34.7. The molecule has 28 aromatic rings. The first-order chi connectivity index (χ1) is 69.3. The van der Waals surface area contributed by atoms with Crippen molar-refractivity contribution in [2.24, 2.45) is 0 Å². The van der Waals surface area contributed by atoms with Crippen LogP contribution in [0.25, 0.3) is 274 Å². The highest BCUT2D eigenvalue weighted by atomic mass is 14.9. The van der Waals surface area contributed by atoms with E-state index < -0.39 is 0 Å². The molecule has 0 saturated carbocycles. The van der Waals surface area contributed by atoms with E-state index in [-0.39, 0.29) is 0 Å². The number of fused-ring (bicyclic) bond motifs is 14. The molecule has 0 aliphatic carbocycles. The summed E-state index contributed by atoms with van der Waals surface area (Å²) in [6.45, 7) is 0. The Bertz CT molecular complexity index is 9330. The summed E-state index contributed by atoms with van der Waals surface area (Å²) in [4.78, 5) is 38.8. The second-order valence-corrected chi connectivity index (χ2v) is 36.2. The molecule has 0 bridgehead atoms. The lowest BCUT2D eigenvalue weighted by molar-refractivity contribution is 1.18.